The molecule has 1 aromatic rings. The number of allylic oxidation sites excluding steroid dienone is 4. The van der Waals surface area contributed by atoms with Crippen molar-refractivity contribution in [1.82, 2.24) is 15.1 Å². The largest absolute Gasteiger partial charge is 0.489 e. The molecule has 9 heteroatoms. The summed E-state index contributed by atoms with van der Waals surface area (Å²) in [5.41, 5.74) is 6.70. The summed E-state index contributed by atoms with van der Waals surface area (Å²) in [6.07, 6.45) is 0.965. The first-order valence-corrected chi connectivity index (χ1v) is 10.5. The molecule has 3 rings (SSSR count). The number of nitrogen functional groups attached to an aromatic ring is 1. The summed E-state index contributed by atoms with van der Waals surface area (Å²) in [7, 11) is 1.99. The van der Waals surface area contributed by atoms with Crippen LogP contribution in [0.15, 0.2) is 53.9 Å². The average Bonchev–Trinajstić information content (AvgIpc) is 2.71. The van der Waals surface area contributed by atoms with Gasteiger partial charge in [0.15, 0.2) is 0 Å². The van der Waals surface area contributed by atoms with Gasteiger partial charge < -0.3 is 25.6 Å². The molecule has 1 aliphatic carbocycles. The molecule has 1 atom stereocenters. The molecule has 32 heavy (non-hydrogen) atoms. The molecule has 0 bridgehead atoms. The number of nitrogens with one attached hydrogen (secondary N) is 1. The van der Waals surface area contributed by atoms with Crippen LogP contribution in [0.2, 0.25) is 0 Å². The van der Waals surface area contributed by atoms with E-state index in [1.165, 1.54) is 24.3 Å². The number of hydrogen-bond acceptors (Lipinski definition) is 5. The Kier molecular flexibility index (Phi) is 7.18. The maximum Gasteiger partial charge on any atom is 0.399 e. The van der Waals surface area contributed by atoms with Crippen molar-refractivity contribution >= 4 is 11.6 Å². The first-order chi connectivity index (χ1) is 15.0. The van der Waals surface area contributed by atoms with E-state index < -0.39 is 18.0 Å². The van der Waals surface area contributed by atoms with Gasteiger partial charge in [0.1, 0.15) is 11.7 Å². The fraction of sp³-hybridized carbons (Fsp3) is 0.435. The second-order valence-electron chi connectivity index (χ2n) is 8.32. The van der Waals surface area contributed by atoms with Crippen molar-refractivity contribution in [3.8, 4) is 5.75 Å². The zero-order valence-corrected chi connectivity index (χ0v) is 18.4. The second kappa shape index (κ2) is 9.68. The summed E-state index contributed by atoms with van der Waals surface area (Å²) in [5, 5.41) is 2.55. The quantitative estimate of drug-likeness (QED) is 0.672. The van der Waals surface area contributed by atoms with Gasteiger partial charge in [0.2, 0.25) is 0 Å². The predicted molar refractivity (Wildman–Crippen MR) is 118 cm³/mol. The van der Waals surface area contributed by atoms with Crippen LogP contribution in [0.25, 0.3) is 0 Å². The van der Waals surface area contributed by atoms with Crippen LogP contribution >= 0.6 is 0 Å². The molecule has 0 radical (unpaired) electrons. The predicted octanol–water partition coefficient (Wildman–Crippen LogP) is 3.55. The Balaban J connectivity index is 1.74. The number of rotatable bonds is 5. The summed E-state index contributed by atoms with van der Waals surface area (Å²) < 4.78 is 46.8. The number of halogens is 3. The van der Waals surface area contributed by atoms with Gasteiger partial charge in [-0.05, 0) is 56.8 Å². The van der Waals surface area contributed by atoms with E-state index >= 15 is 0 Å². The highest BCUT2D eigenvalue weighted by atomic mass is 19.4. The number of carbonyl (C=O) groups excluding carboxylic acids is 1. The van der Waals surface area contributed by atoms with E-state index in [1.807, 2.05) is 25.8 Å². The van der Waals surface area contributed by atoms with Crippen molar-refractivity contribution in [3.63, 3.8) is 0 Å². The lowest BCUT2D eigenvalue weighted by atomic mass is 9.92. The number of ether oxygens (including phenoxy) is 1. The van der Waals surface area contributed by atoms with Crippen molar-refractivity contribution in [3.05, 3.63) is 59.5 Å². The van der Waals surface area contributed by atoms with Crippen molar-refractivity contribution in [2.24, 2.45) is 5.92 Å². The third-order valence-electron chi connectivity index (χ3n) is 5.28. The maximum atomic E-state index is 13.8. The van der Waals surface area contributed by atoms with Gasteiger partial charge in [-0.15, -0.1) is 0 Å². The van der Waals surface area contributed by atoms with Gasteiger partial charge in [0.05, 0.1) is 11.8 Å². The number of alkyl halides is 3. The topological polar surface area (TPSA) is 70.8 Å². The minimum atomic E-state index is -4.47. The van der Waals surface area contributed by atoms with Gasteiger partial charge in [-0.2, -0.15) is 13.2 Å². The van der Waals surface area contributed by atoms with Crippen molar-refractivity contribution in [1.29, 1.82) is 0 Å². The Morgan fingerprint density at radius 3 is 2.50 bits per heavy atom. The molecule has 1 saturated heterocycles. The highest BCUT2D eigenvalue weighted by molar-refractivity contribution is 5.96. The SMILES string of the molecule is CC(C)Oc1ccc(C(=O)NC2=CC(C(F)(F)F)C(=CN3CCN(C)CC3)C=C2)cc1N. The molecule has 3 N–H and O–H groups in total. The lowest BCUT2D eigenvalue weighted by molar-refractivity contribution is -0.151. The number of nitrogens with zero attached hydrogens (tertiary/aromatic N) is 2. The van der Waals surface area contributed by atoms with Gasteiger partial charge >= 0.3 is 6.18 Å². The number of amides is 1. The highest BCUT2D eigenvalue weighted by Gasteiger charge is 2.41. The zero-order valence-electron chi connectivity index (χ0n) is 18.4. The van der Waals surface area contributed by atoms with Crippen LogP contribution in [0.4, 0.5) is 18.9 Å². The first kappa shape index (κ1) is 23.7. The van der Waals surface area contributed by atoms with Gasteiger partial charge in [-0.1, -0.05) is 6.08 Å². The fourth-order valence-electron chi connectivity index (χ4n) is 3.53. The average molecular weight is 451 g/mol. The van der Waals surface area contributed by atoms with E-state index in [0.29, 0.717) is 18.8 Å². The number of hydrogen-bond donors (Lipinski definition) is 2. The Bertz CT molecular complexity index is 930. The first-order valence-electron chi connectivity index (χ1n) is 10.5. The zero-order chi connectivity index (χ0) is 23.5. The minimum absolute atomic E-state index is 0.0816. The van der Waals surface area contributed by atoms with Crippen molar-refractivity contribution in [2.45, 2.75) is 26.1 Å². The van der Waals surface area contributed by atoms with E-state index in [2.05, 4.69) is 10.2 Å². The lowest BCUT2D eigenvalue weighted by Gasteiger charge is -2.33. The fourth-order valence-corrected chi connectivity index (χ4v) is 3.53. The van der Waals surface area contributed by atoms with Gasteiger partial charge in [0.25, 0.3) is 5.91 Å². The van der Waals surface area contributed by atoms with E-state index in [0.717, 1.165) is 19.2 Å². The molecule has 2 aliphatic rings. The number of benzene rings is 1. The third-order valence-corrected chi connectivity index (χ3v) is 5.28. The van der Waals surface area contributed by atoms with E-state index in [9.17, 15) is 18.0 Å². The Morgan fingerprint density at radius 2 is 1.91 bits per heavy atom. The highest BCUT2D eigenvalue weighted by Crippen LogP contribution is 2.37. The standard InChI is InChI=1S/C23H29F3N4O2/c1-15(2)32-21-7-5-16(12-20(21)27)22(31)28-18-6-4-17(19(13-18)23(24,25)26)14-30-10-8-29(3)9-11-30/h4-7,12-15,19H,8-11,27H2,1-3H3,(H,28,31). The molecule has 174 valence electrons. The molecule has 1 aliphatic heterocycles. The number of piperazine rings is 1. The van der Waals surface area contributed by atoms with Crippen LogP contribution in [-0.2, 0) is 0 Å². The van der Waals surface area contributed by atoms with Crippen LogP contribution < -0.4 is 15.8 Å². The van der Waals surface area contributed by atoms with Crippen LogP contribution in [0, 0.1) is 5.92 Å². The molecule has 0 saturated carbocycles. The maximum absolute atomic E-state index is 13.8. The number of nitrogens with two attached hydrogens (primary N) is 1. The number of likely N-dealkylation sites (N-methyl/N-ethyl adjacent to an activating group) is 1. The molecular weight excluding hydrogens is 421 g/mol. The van der Waals surface area contributed by atoms with Crippen LogP contribution in [0.3, 0.4) is 0 Å². The van der Waals surface area contributed by atoms with E-state index in [1.54, 1.807) is 12.3 Å². The monoisotopic (exact) mass is 450 g/mol. The van der Waals surface area contributed by atoms with Crippen LogP contribution in [0.5, 0.6) is 5.75 Å². The molecule has 0 aromatic heterocycles. The van der Waals surface area contributed by atoms with Crippen LogP contribution in [0.1, 0.15) is 24.2 Å². The van der Waals surface area contributed by atoms with Crippen LogP contribution in [-0.4, -0.2) is 61.2 Å². The number of carbonyl (C=O) groups is 1. The molecule has 1 fully saturated rings. The van der Waals surface area contributed by atoms with Crippen molar-refractivity contribution < 1.29 is 22.7 Å². The number of anilines is 1. The molecule has 1 heterocycles. The summed E-state index contributed by atoms with van der Waals surface area (Å²) in [6.45, 7) is 6.64. The molecule has 1 amide bonds. The third kappa shape index (κ3) is 6.06. The van der Waals surface area contributed by atoms with Crippen molar-refractivity contribution in [2.75, 3.05) is 39.0 Å². The lowest BCUT2D eigenvalue weighted by Crippen LogP contribution is -2.42. The molecule has 0 spiro atoms. The van der Waals surface area contributed by atoms with Gasteiger partial charge in [0, 0.05) is 43.6 Å². The summed E-state index contributed by atoms with van der Waals surface area (Å²) in [5.74, 6) is -1.89. The Morgan fingerprint density at radius 1 is 1.22 bits per heavy atom. The second-order valence-corrected chi connectivity index (χ2v) is 8.32. The molecule has 1 unspecified atom stereocenters. The van der Waals surface area contributed by atoms with Gasteiger partial charge in [-0.3, -0.25) is 4.79 Å². The normalized spacial score (nSPS) is 21.1. The Hall–Kier alpha value is -2.94. The van der Waals surface area contributed by atoms with E-state index in [-0.39, 0.29) is 28.6 Å². The molecule has 1 aromatic carbocycles. The summed E-state index contributed by atoms with van der Waals surface area (Å²) in [6, 6.07) is 4.54. The Labute approximate surface area is 186 Å². The van der Waals surface area contributed by atoms with E-state index in [4.69, 9.17) is 10.5 Å². The summed E-state index contributed by atoms with van der Waals surface area (Å²) in [4.78, 5) is 16.6. The minimum Gasteiger partial charge on any atom is -0.489 e. The molecule has 6 nitrogen and oxygen atoms in total. The van der Waals surface area contributed by atoms with Gasteiger partial charge in [-0.25, -0.2) is 0 Å². The molecular formula is C23H29F3N4O2. The summed E-state index contributed by atoms with van der Waals surface area (Å²) >= 11 is 0. The smallest absolute Gasteiger partial charge is 0.399 e.